The summed E-state index contributed by atoms with van der Waals surface area (Å²) in [6.45, 7) is 8.58. The van der Waals surface area contributed by atoms with Gasteiger partial charge in [-0.05, 0) is 61.9 Å². The van der Waals surface area contributed by atoms with Crippen molar-refractivity contribution in [3.8, 4) is 11.1 Å². The van der Waals surface area contributed by atoms with Crippen LogP contribution in [0.1, 0.15) is 22.3 Å². The minimum absolute atomic E-state index is 0.572. The summed E-state index contributed by atoms with van der Waals surface area (Å²) in [5, 5.41) is 7.88. The normalized spacial score (nSPS) is 15.5. The number of hydrogen-bond acceptors (Lipinski definition) is 6. The molecule has 0 radical (unpaired) electrons. The number of piperazine rings is 1. The number of nitrogens with zero attached hydrogens (tertiary/aromatic N) is 4. The number of likely N-dealkylation sites (N-methyl/N-ethyl adjacent to an activating group) is 1. The Labute approximate surface area is 193 Å². The van der Waals surface area contributed by atoms with Gasteiger partial charge in [-0.1, -0.05) is 0 Å². The van der Waals surface area contributed by atoms with Crippen LogP contribution in [0.3, 0.4) is 0 Å². The van der Waals surface area contributed by atoms with Crippen molar-refractivity contribution in [2.75, 3.05) is 43.9 Å². The predicted octanol–water partition coefficient (Wildman–Crippen LogP) is 3.36. The van der Waals surface area contributed by atoms with E-state index in [0.717, 1.165) is 59.5 Å². The third kappa shape index (κ3) is 3.93. The second-order valence-corrected chi connectivity index (χ2v) is 8.91. The van der Waals surface area contributed by atoms with Gasteiger partial charge in [0.05, 0.1) is 6.20 Å². The van der Waals surface area contributed by atoms with Crippen LogP contribution >= 0.6 is 0 Å². The SMILES string of the molecule is Cc1cc(/C(N)=C/c2c(-c3cnc4[nH]ncc4c3)c[nH]c2N)cc(C)c1N1CCN(C)CC1. The van der Waals surface area contributed by atoms with Crippen molar-refractivity contribution in [1.82, 2.24) is 25.1 Å². The van der Waals surface area contributed by atoms with E-state index < -0.39 is 0 Å². The van der Waals surface area contributed by atoms with Crippen LogP contribution in [0, 0.1) is 13.8 Å². The molecule has 1 aliphatic heterocycles. The zero-order valence-electron chi connectivity index (χ0n) is 19.3. The third-order valence-corrected chi connectivity index (χ3v) is 6.50. The molecule has 1 saturated heterocycles. The minimum atomic E-state index is 0.572. The molecule has 170 valence electrons. The number of rotatable bonds is 4. The molecular weight excluding hydrogens is 412 g/mol. The first-order valence-electron chi connectivity index (χ1n) is 11.2. The highest BCUT2D eigenvalue weighted by molar-refractivity contribution is 5.92. The monoisotopic (exact) mass is 442 g/mol. The van der Waals surface area contributed by atoms with Crippen molar-refractivity contribution in [2.45, 2.75) is 13.8 Å². The van der Waals surface area contributed by atoms with Crippen LogP contribution in [0.25, 0.3) is 33.9 Å². The highest BCUT2D eigenvalue weighted by atomic mass is 15.2. The van der Waals surface area contributed by atoms with Gasteiger partial charge in [-0.25, -0.2) is 4.98 Å². The molecule has 8 nitrogen and oxygen atoms in total. The topological polar surface area (TPSA) is 116 Å². The van der Waals surface area contributed by atoms with Crippen molar-refractivity contribution in [3.63, 3.8) is 0 Å². The fraction of sp³-hybridized carbons (Fsp3) is 0.280. The van der Waals surface area contributed by atoms with Crippen LogP contribution in [0.15, 0.2) is 36.8 Å². The summed E-state index contributed by atoms with van der Waals surface area (Å²) in [4.78, 5) is 12.4. The van der Waals surface area contributed by atoms with E-state index in [4.69, 9.17) is 11.5 Å². The van der Waals surface area contributed by atoms with Crippen LogP contribution in [0.4, 0.5) is 11.5 Å². The molecular formula is C25H30N8. The molecule has 4 aromatic rings. The Kier molecular flexibility index (Phi) is 5.30. The fourth-order valence-corrected chi connectivity index (χ4v) is 4.72. The minimum Gasteiger partial charge on any atom is -0.398 e. The van der Waals surface area contributed by atoms with E-state index in [9.17, 15) is 0 Å². The Hall–Kier alpha value is -3.78. The quantitative estimate of drug-likeness (QED) is 0.385. The summed E-state index contributed by atoms with van der Waals surface area (Å²) in [6.07, 6.45) is 7.42. The maximum atomic E-state index is 6.60. The van der Waals surface area contributed by atoms with E-state index in [2.05, 4.69) is 63.0 Å². The summed E-state index contributed by atoms with van der Waals surface area (Å²) in [6, 6.07) is 6.39. The Balaban J connectivity index is 1.49. The standard InChI is InChI=1S/C25H30N8/c1-15-8-17(9-16(2)23(15)33-6-4-32(3)5-7-33)22(26)11-20-21(14-28-24(20)27)18-10-19-13-30-31-25(19)29-12-18/h8-14,28H,4-7,26-27H2,1-3H3,(H,29,30,31)/b22-11-. The second-order valence-electron chi connectivity index (χ2n) is 8.91. The van der Waals surface area contributed by atoms with E-state index in [1.165, 1.54) is 16.8 Å². The maximum Gasteiger partial charge on any atom is 0.155 e. The molecule has 0 atom stereocenters. The Morgan fingerprint density at radius 2 is 1.79 bits per heavy atom. The van der Waals surface area contributed by atoms with Crippen molar-refractivity contribution in [1.29, 1.82) is 0 Å². The lowest BCUT2D eigenvalue weighted by atomic mass is 9.98. The largest absolute Gasteiger partial charge is 0.398 e. The molecule has 0 bridgehead atoms. The lowest BCUT2D eigenvalue weighted by Gasteiger charge is -2.36. The molecule has 5 rings (SSSR count). The van der Waals surface area contributed by atoms with Crippen molar-refractivity contribution < 1.29 is 0 Å². The van der Waals surface area contributed by atoms with E-state index in [1.807, 2.05) is 24.5 Å². The third-order valence-electron chi connectivity index (χ3n) is 6.50. The molecule has 0 amide bonds. The van der Waals surface area contributed by atoms with Gasteiger partial charge < -0.3 is 26.3 Å². The number of nitrogen functional groups attached to an aromatic ring is 1. The highest BCUT2D eigenvalue weighted by Crippen LogP contribution is 2.33. The molecule has 1 fully saturated rings. The summed E-state index contributed by atoms with van der Waals surface area (Å²) in [5.41, 5.74) is 21.9. The first-order valence-corrected chi connectivity index (χ1v) is 11.2. The number of anilines is 2. The van der Waals surface area contributed by atoms with E-state index in [0.29, 0.717) is 11.5 Å². The maximum absolute atomic E-state index is 6.60. The predicted molar refractivity (Wildman–Crippen MR) is 136 cm³/mol. The number of H-pyrrole nitrogens is 2. The van der Waals surface area contributed by atoms with Gasteiger partial charge >= 0.3 is 0 Å². The lowest BCUT2D eigenvalue weighted by Crippen LogP contribution is -2.45. The van der Waals surface area contributed by atoms with Crippen LogP contribution < -0.4 is 16.4 Å². The van der Waals surface area contributed by atoms with E-state index >= 15 is 0 Å². The molecule has 1 aliphatic rings. The second kappa shape index (κ2) is 8.29. The zero-order valence-corrected chi connectivity index (χ0v) is 19.3. The van der Waals surface area contributed by atoms with Gasteiger partial charge in [-0.2, -0.15) is 5.10 Å². The van der Waals surface area contributed by atoms with Crippen molar-refractivity contribution in [2.24, 2.45) is 5.73 Å². The lowest BCUT2D eigenvalue weighted by molar-refractivity contribution is 0.312. The number of nitrogens with two attached hydrogens (primary N) is 2. The van der Waals surface area contributed by atoms with Crippen LogP contribution in [0.5, 0.6) is 0 Å². The van der Waals surface area contributed by atoms with Gasteiger partial charge in [0.25, 0.3) is 0 Å². The van der Waals surface area contributed by atoms with Crippen molar-refractivity contribution in [3.05, 3.63) is 59.0 Å². The molecule has 0 spiro atoms. The number of benzene rings is 1. The average molecular weight is 443 g/mol. The molecule has 33 heavy (non-hydrogen) atoms. The molecule has 0 saturated carbocycles. The van der Waals surface area contributed by atoms with Gasteiger partial charge in [-0.3, -0.25) is 5.10 Å². The summed E-state index contributed by atoms with van der Waals surface area (Å²) >= 11 is 0. The van der Waals surface area contributed by atoms with Gasteiger partial charge in [0.15, 0.2) is 5.65 Å². The van der Waals surface area contributed by atoms with Gasteiger partial charge in [-0.15, -0.1) is 0 Å². The van der Waals surface area contributed by atoms with Crippen LogP contribution in [-0.2, 0) is 0 Å². The molecule has 4 heterocycles. The number of fused-ring (bicyclic) bond motifs is 1. The number of pyridine rings is 1. The number of hydrogen-bond donors (Lipinski definition) is 4. The summed E-state index contributed by atoms with van der Waals surface area (Å²) < 4.78 is 0. The van der Waals surface area contributed by atoms with Gasteiger partial charge in [0.1, 0.15) is 5.82 Å². The molecule has 6 N–H and O–H groups in total. The van der Waals surface area contributed by atoms with Gasteiger partial charge in [0.2, 0.25) is 0 Å². The zero-order chi connectivity index (χ0) is 23.1. The first kappa shape index (κ1) is 21.1. The number of aromatic nitrogens is 4. The Morgan fingerprint density at radius 1 is 1.06 bits per heavy atom. The van der Waals surface area contributed by atoms with E-state index in [-0.39, 0.29) is 0 Å². The fourth-order valence-electron chi connectivity index (χ4n) is 4.72. The van der Waals surface area contributed by atoms with Crippen molar-refractivity contribution >= 4 is 34.3 Å². The van der Waals surface area contributed by atoms with Crippen LogP contribution in [-0.4, -0.2) is 58.3 Å². The molecule has 1 aromatic carbocycles. The summed E-state index contributed by atoms with van der Waals surface area (Å²) in [7, 11) is 2.18. The van der Waals surface area contributed by atoms with E-state index in [1.54, 1.807) is 6.20 Å². The Morgan fingerprint density at radius 3 is 2.52 bits per heavy atom. The molecule has 0 unspecified atom stereocenters. The number of aromatic amines is 2. The summed E-state index contributed by atoms with van der Waals surface area (Å²) in [5.74, 6) is 0.572. The highest BCUT2D eigenvalue weighted by Gasteiger charge is 2.19. The van der Waals surface area contributed by atoms with Crippen LogP contribution in [0.2, 0.25) is 0 Å². The van der Waals surface area contributed by atoms with Gasteiger partial charge in [0, 0.05) is 72.0 Å². The number of aryl methyl sites for hydroxylation is 2. The first-order chi connectivity index (χ1) is 15.9. The molecule has 0 aliphatic carbocycles. The molecule has 8 heteroatoms. The number of nitrogens with one attached hydrogen (secondary N) is 2. The Bertz CT molecular complexity index is 1310. The average Bonchev–Trinajstić information content (AvgIpc) is 3.40. The smallest absolute Gasteiger partial charge is 0.155 e. The molecule has 3 aromatic heterocycles.